The lowest BCUT2D eigenvalue weighted by atomic mass is 10.1. The van der Waals surface area contributed by atoms with Gasteiger partial charge in [-0.1, -0.05) is 17.3 Å². The first-order valence-corrected chi connectivity index (χ1v) is 6.04. The summed E-state index contributed by atoms with van der Waals surface area (Å²) in [5.74, 6) is -0.168. The van der Waals surface area contributed by atoms with Gasteiger partial charge in [0.25, 0.3) is 5.91 Å². The molecule has 7 heteroatoms. The van der Waals surface area contributed by atoms with Crippen LogP contribution in [-0.2, 0) is 6.54 Å². The molecule has 7 nitrogen and oxygen atoms in total. The summed E-state index contributed by atoms with van der Waals surface area (Å²) in [5.41, 5.74) is 6.51. The van der Waals surface area contributed by atoms with Crippen molar-refractivity contribution < 1.29 is 10.0 Å². The SMILES string of the molecule is NC(=NO)c1ccc(C(=O)NCCn2cccn2)cc1. The minimum atomic E-state index is -0.178. The third-order valence-corrected chi connectivity index (χ3v) is 2.74. The number of carbonyl (C=O) groups is 1. The zero-order valence-corrected chi connectivity index (χ0v) is 10.7. The van der Waals surface area contributed by atoms with E-state index in [0.717, 1.165) is 0 Å². The van der Waals surface area contributed by atoms with Gasteiger partial charge < -0.3 is 16.3 Å². The number of nitrogens with one attached hydrogen (secondary N) is 1. The van der Waals surface area contributed by atoms with Gasteiger partial charge >= 0.3 is 0 Å². The van der Waals surface area contributed by atoms with E-state index < -0.39 is 0 Å². The van der Waals surface area contributed by atoms with Crippen molar-refractivity contribution in [3.8, 4) is 0 Å². The highest BCUT2D eigenvalue weighted by atomic mass is 16.4. The first kappa shape index (κ1) is 13.6. The van der Waals surface area contributed by atoms with Crippen molar-refractivity contribution in [3.05, 3.63) is 53.9 Å². The number of benzene rings is 1. The van der Waals surface area contributed by atoms with Gasteiger partial charge in [0.1, 0.15) is 0 Å². The third-order valence-electron chi connectivity index (χ3n) is 2.74. The van der Waals surface area contributed by atoms with Crippen LogP contribution in [0.5, 0.6) is 0 Å². The molecule has 0 saturated carbocycles. The molecule has 1 amide bonds. The van der Waals surface area contributed by atoms with Gasteiger partial charge in [-0.15, -0.1) is 0 Å². The Morgan fingerprint density at radius 1 is 1.35 bits per heavy atom. The first-order chi connectivity index (χ1) is 9.70. The van der Waals surface area contributed by atoms with E-state index in [2.05, 4.69) is 15.6 Å². The normalized spacial score (nSPS) is 11.3. The maximum absolute atomic E-state index is 11.9. The van der Waals surface area contributed by atoms with Crippen molar-refractivity contribution in [1.82, 2.24) is 15.1 Å². The van der Waals surface area contributed by atoms with E-state index in [9.17, 15) is 4.79 Å². The van der Waals surface area contributed by atoms with E-state index in [0.29, 0.717) is 24.2 Å². The Hall–Kier alpha value is -2.83. The summed E-state index contributed by atoms with van der Waals surface area (Å²) in [6.07, 6.45) is 3.52. The molecule has 1 aromatic carbocycles. The summed E-state index contributed by atoms with van der Waals surface area (Å²) in [4.78, 5) is 11.9. The van der Waals surface area contributed by atoms with Gasteiger partial charge in [0.05, 0.1) is 6.54 Å². The number of amidine groups is 1. The average Bonchev–Trinajstić information content (AvgIpc) is 2.99. The molecule has 0 atom stereocenters. The average molecular weight is 273 g/mol. The summed E-state index contributed by atoms with van der Waals surface area (Å²) >= 11 is 0. The number of hydrogen-bond acceptors (Lipinski definition) is 4. The molecule has 20 heavy (non-hydrogen) atoms. The maximum atomic E-state index is 11.9. The van der Waals surface area contributed by atoms with Gasteiger partial charge in [-0.05, 0) is 18.2 Å². The van der Waals surface area contributed by atoms with Crippen LogP contribution in [0.4, 0.5) is 0 Å². The Morgan fingerprint density at radius 3 is 2.65 bits per heavy atom. The van der Waals surface area contributed by atoms with Crippen LogP contribution in [0.15, 0.2) is 47.9 Å². The summed E-state index contributed by atoms with van der Waals surface area (Å²) in [6, 6.07) is 8.32. The number of nitrogens with zero attached hydrogens (tertiary/aromatic N) is 3. The van der Waals surface area contributed by atoms with Crippen LogP contribution < -0.4 is 11.1 Å². The predicted octanol–water partition coefficient (Wildman–Crippen LogP) is 0.408. The molecule has 0 saturated heterocycles. The van der Waals surface area contributed by atoms with Crippen LogP contribution >= 0.6 is 0 Å². The fraction of sp³-hybridized carbons (Fsp3) is 0.154. The summed E-state index contributed by atoms with van der Waals surface area (Å²) in [7, 11) is 0. The molecule has 0 unspecified atom stereocenters. The number of hydrogen-bond donors (Lipinski definition) is 3. The second-order valence-corrected chi connectivity index (χ2v) is 4.09. The Bertz CT molecular complexity index is 590. The van der Waals surface area contributed by atoms with Crippen LogP contribution in [-0.4, -0.2) is 33.3 Å². The molecule has 1 aromatic heterocycles. The van der Waals surface area contributed by atoms with Crippen LogP contribution in [0.2, 0.25) is 0 Å². The van der Waals surface area contributed by atoms with E-state index in [1.54, 1.807) is 35.1 Å². The van der Waals surface area contributed by atoms with Crippen LogP contribution in [0.25, 0.3) is 0 Å². The van der Waals surface area contributed by atoms with Crippen LogP contribution in [0.3, 0.4) is 0 Å². The second kappa shape index (κ2) is 6.37. The molecule has 4 N–H and O–H groups in total. The molecule has 0 fully saturated rings. The molecule has 0 radical (unpaired) electrons. The van der Waals surface area contributed by atoms with E-state index in [1.165, 1.54) is 0 Å². The number of carbonyl (C=O) groups excluding carboxylic acids is 1. The van der Waals surface area contributed by atoms with Crippen molar-refractivity contribution in [3.63, 3.8) is 0 Å². The first-order valence-electron chi connectivity index (χ1n) is 6.04. The minimum absolute atomic E-state index is 0.00985. The Labute approximate surface area is 115 Å². The van der Waals surface area contributed by atoms with Crippen molar-refractivity contribution in [2.75, 3.05) is 6.54 Å². The lowest BCUT2D eigenvalue weighted by Crippen LogP contribution is -2.27. The van der Waals surface area contributed by atoms with Gasteiger partial charge in [-0.3, -0.25) is 9.48 Å². The largest absolute Gasteiger partial charge is 0.409 e. The summed E-state index contributed by atoms with van der Waals surface area (Å²) in [5, 5.41) is 18.3. The number of amides is 1. The van der Waals surface area contributed by atoms with E-state index in [-0.39, 0.29) is 11.7 Å². The Morgan fingerprint density at radius 2 is 2.05 bits per heavy atom. The maximum Gasteiger partial charge on any atom is 0.251 e. The van der Waals surface area contributed by atoms with Gasteiger partial charge in [0.2, 0.25) is 0 Å². The van der Waals surface area contributed by atoms with E-state index >= 15 is 0 Å². The smallest absolute Gasteiger partial charge is 0.251 e. The lowest BCUT2D eigenvalue weighted by molar-refractivity contribution is 0.0952. The molecule has 0 aliphatic carbocycles. The fourth-order valence-corrected chi connectivity index (χ4v) is 1.67. The summed E-state index contributed by atoms with van der Waals surface area (Å²) < 4.78 is 1.74. The van der Waals surface area contributed by atoms with E-state index in [4.69, 9.17) is 10.9 Å². The number of rotatable bonds is 5. The van der Waals surface area contributed by atoms with E-state index in [1.807, 2.05) is 12.3 Å². The zero-order chi connectivity index (χ0) is 14.4. The van der Waals surface area contributed by atoms with Crippen molar-refractivity contribution in [2.24, 2.45) is 10.9 Å². The van der Waals surface area contributed by atoms with Gasteiger partial charge in [0.15, 0.2) is 5.84 Å². The zero-order valence-electron chi connectivity index (χ0n) is 10.7. The highest BCUT2D eigenvalue weighted by Crippen LogP contribution is 2.04. The highest BCUT2D eigenvalue weighted by Gasteiger charge is 2.06. The monoisotopic (exact) mass is 273 g/mol. The highest BCUT2D eigenvalue weighted by molar-refractivity contribution is 5.99. The fourth-order valence-electron chi connectivity index (χ4n) is 1.67. The predicted molar refractivity (Wildman–Crippen MR) is 73.5 cm³/mol. The molecule has 1 heterocycles. The Kier molecular flexibility index (Phi) is 4.33. The second-order valence-electron chi connectivity index (χ2n) is 4.09. The summed E-state index contributed by atoms with van der Waals surface area (Å²) in [6.45, 7) is 1.10. The molecule has 0 spiro atoms. The van der Waals surface area contributed by atoms with Crippen molar-refractivity contribution >= 4 is 11.7 Å². The number of nitrogens with two attached hydrogens (primary N) is 1. The minimum Gasteiger partial charge on any atom is -0.409 e. The quantitative estimate of drug-likeness (QED) is 0.317. The molecule has 2 aromatic rings. The van der Waals surface area contributed by atoms with Crippen molar-refractivity contribution in [2.45, 2.75) is 6.54 Å². The molecular weight excluding hydrogens is 258 g/mol. The van der Waals surface area contributed by atoms with Crippen LogP contribution in [0, 0.1) is 0 Å². The van der Waals surface area contributed by atoms with Gasteiger partial charge in [0, 0.05) is 30.1 Å². The number of aromatic nitrogens is 2. The van der Waals surface area contributed by atoms with Gasteiger partial charge in [-0.2, -0.15) is 5.10 Å². The topological polar surface area (TPSA) is 106 Å². The number of oxime groups is 1. The van der Waals surface area contributed by atoms with Crippen molar-refractivity contribution in [1.29, 1.82) is 0 Å². The molecule has 2 rings (SSSR count). The molecular formula is C13H15N5O2. The molecule has 0 aliphatic rings. The third kappa shape index (κ3) is 3.35. The molecule has 0 bridgehead atoms. The molecule has 0 aliphatic heterocycles. The Balaban J connectivity index is 1.89. The van der Waals surface area contributed by atoms with Crippen LogP contribution in [0.1, 0.15) is 15.9 Å². The standard InChI is InChI=1S/C13H15N5O2/c14-12(17-20)10-2-4-11(5-3-10)13(19)15-7-9-18-8-1-6-16-18/h1-6,8,20H,7,9H2,(H2,14,17)(H,15,19). The van der Waals surface area contributed by atoms with Gasteiger partial charge in [-0.25, -0.2) is 0 Å². The lowest BCUT2D eigenvalue weighted by Gasteiger charge is -2.06. The molecule has 104 valence electrons.